The number of nitrogens with two attached hydrogens (primary N) is 1. The number of aliphatic hydroxyl groups excluding tert-OH is 3. The molecule has 0 bridgehead atoms. The van der Waals surface area contributed by atoms with Gasteiger partial charge in [0, 0.05) is 5.56 Å². The monoisotopic (exact) mass is 501 g/mol. The molecule has 3 rings (SSSR count). The molecule has 2 aliphatic rings. The number of benzene rings is 1. The van der Waals surface area contributed by atoms with Crippen LogP contribution in [0.1, 0.15) is 29.3 Å². The molecule has 0 aromatic heterocycles. The van der Waals surface area contributed by atoms with Crippen LogP contribution in [0.4, 0.5) is 0 Å². The number of alkyl halides is 1. The SMILES string of the molecule is CC1=CC(c2cccc(C(N)=O)c2)=CCC1O[C@H]1O[C@H](CO)[C@@H](I)[C@H](O)[C@@H]1O. The Labute approximate surface area is 177 Å². The van der Waals surface area contributed by atoms with E-state index in [1.54, 1.807) is 18.2 Å². The molecule has 28 heavy (non-hydrogen) atoms. The van der Waals surface area contributed by atoms with E-state index in [1.165, 1.54) is 0 Å². The number of aliphatic hydroxyl groups is 3. The molecule has 1 aliphatic heterocycles. The Morgan fingerprint density at radius 1 is 1.36 bits per heavy atom. The first-order chi connectivity index (χ1) is 13.3. The van der Waals surface area contributed by atoms with Gasteiger partial charge in [0.1, 0.15) is 6.10 Å². The van der Waals surface area contributed by atoms with Crippen molar-refractivity contribution >= 4 is 34.1 Å². The van der Waals surface area contributed by atoms with E-state index < -0.39 is 34.4 Å². The van der Waals surface area contributed by atoms with Gasteiger partial charge in [-0.1, -0.05) is 46.9 Å². The quantitative estimate of drug-likeness (QED) is 0.355. The van der Waals surface area contributed by atoms with Gasteiger partial charge in [-0.05, 0) is 42.2 Å². The van der Waals surface area contributed by atoms with Gasteiger partial charge in [-0.25, -0.2) is 0 Å². The maximum absolute atomic E-state index is 11.4. The third-order valence-electron chi connectivity index (χ3n) is 5.02. The fourth-order valence-electron chi connectivity index (χ4n) is 3.35. The number of ether oxygens (including phenoxy) is 2. The molecule has 152 valence electrons. The summed E-state index contributed by atoms with van der Waals surface area (Å²) in [6.07, 6.45) is 0.248. The number of primary amides is 1. The molecule has 8 heteroatoms. The lowest BCUT2D eigenvalue weighted by Crippen LogP contribution is -2.57. The number of hydrogen-bond donors (Lipinski definition) is 4. The van der Waals surface area contributed by atoms with Gasteiger partial charge in [-0.15, -0.1) is 0 Å². The van der Waals surface area contributed by atoms with Gasteiger partial charge >= 0.3 is 0 Å². The van der Waals surface area contributed by atoms with E-state index in [4.69, 9.17) is 15.2 Å². The number of halogens is 1. The zero-order valence-electron chi connectivity index (χ0n) is 15.4. The highest BCUT2D eigenvalue weighted by Gasteiger charge is 2.44. The zero-order valence-corrected chi connectivity index (χ0v) is 17.5. The predicted molar refractivity (Wildman–Crippen MR) is 112 cm³/mol. The first-order valence-corrected chi connectivity index (χ1v) is 10.3. The third kappa shape index (κ3) is 4.47. The molecule has 1 aromatic carbocycles. The average Bonchev–Trinajstić information content (AvgIpc) is 2.69. The maximum atomic E-state index is 11.4. The minimum Gasteiger partial charge on any atom is -0.394 e. The van der Waals surface area contributed by atoms with Crippen LogP contribution in [-0.4, -0.2) is 62.5 Å². The highest BCUT2D eigenvalue weighted by Crippen LogP contribution is 2.32. The molecule has 1 fully saturated rings. The number of carbonyl (C=O) groups excluding carboxylic acids is 1. The smallest absolute Gasteiger partial charge is 0.248 e. The number of allylic oxidation sites excluding steroid dienone is 2. The Balaban J connectivity index is 1.71. The lowest BCUT2D eigenvalue weighted by molar-refractivity contribution is -0.275. The van der Waals surface area contributed by atoms with Crippen LogP contribution >= 0.6 is 22.6 Å². The van der Waals surface area contributed by atoms with Crippen molar-refractivity contribution in [2.24, 2.45) is 5.73 Å². The molecule has 1 aromatic rings. The number of amides is 1. The van der Waals surface area contributed by atoms with Crippen LogP contribution in [0, 0.1) is 0 Å². The van der Waals surface area contributed by atoms with Gasteiger partial charge in [-0.3, -0.25) is 4.79 Å². The molecule has 0 radical (unpaired) electrons. The Kier molecular flexibility index (Phi) is 6.89. The van der Waals surface area contributed by atoms with Gasteiger partial charge in [0.2, 0.25) is 5.91 Å². The third-order valence-corrected chi connectivity index (χ3v) is 6.56. The van der Waals surface area contributed by atoms with Crippen molar-refractivity contribution in [3.8, 4) is 0 Å². The van der Waals surface area contributed by atoms with Crippen LogP contribution in [0.25, 0.3) is 5.57 Å². The van der Waals surface area contributed by atoms with Gasteiger partial charge < -0.3 is 30.5 Å². The van der Waals surface area contributed by atoms with Crippen LogP contribution in [0.3, 0.4) is 0 Å². The second-order valence-electron chi connectivity index (χ2n) is 7.00. The molecule has 1 saturated heterocycles. The normalized spacial score (nSPS) is 33.2. The van der Waals surface area contributed by atoms with Crippen LogP contribution < -0.4 is 5.73 Å². The maximum Gasteiger partial charge on any atom is 0.248 e. The van der Waals surface area contributed by atoms with Crippen molar-refractivity contribution in [3.05, 3.63) is 53.1 Å². The Morgan fingerprint density at radius 3 is 2.75 bits per heavy atom. The summed E-state index contributed by atoms with van der Waals surface area (Å²) in [6.45, 7) is 1.64. The number of carbonyl (C=O) groups is 1. The van der Waals surface area contributed by atoms with Crippen molar-refractivity contribution in [2.75, 3.05) is 6.61 Å². The second-order valence-corrected chi connectivity index (χ2v) is 8.44. The van der Waals surface area contributed by atoms with E-state index in [2.05, 4.69) is 0 Å². The summed E-state index contributed by atoms with van der Waals surface area (Å²) >= 11 is 1.96. The lowest BCUT2D eigenvalue weighted by Gasteiger charge is -2.41. The lowest BCUT2D eigenvalue weighted by atomic mass is 9.92. The molecule has 7 nitrogen and oxygen atoms in total. The van der Waals surface area contributed by atoms with Gasteiger partial charge in [0.25, 0.3) is 0 Å². The fraction of sp³-hybridized carbons (Fsp3) is 0.450. The highest BCUT2D eigenvalue weighted by atomic mass is 127. The van der Waals surface area contributed by atoms with Crippen molar-refractivity contribution in [1.82, 2.24) is 0 Å². The van der Waals surface area contributed by atoms with Crippen molar-refractivity contribution < 1.29 is 29.6 Å². The van der Waals surface area contributed by atoms with Crippen molar-refractivity contribution in [3.63, 3.8) is 0 Å². The van der Waals surface area contributed by atoms with Crippen LogP contribution in [0.5, 0.6) is 0 Å². The topological polar surface area (TPSA) is 122 Å². The van der Waals surface area contributed by atoms with E-state index in [-0.39, 0.29) is 12.7 Å². The van der Waals surface area contributed by atoms with E-state index in [0.717, 1.165) is 16.7 Å². The molecule has 0 spiro atoms. The molecule has 1 amide bonds. The standard InChI is InChI=1S/C20H24INO6/c1-10-7-12(11-3-2-4-13(8-11)19(22)26)5-6-14(10)27-20-18(25)17(24)16(21)15(9-23)28-20/h2-5,7-8,14-18,20,23-25H,6,9H2,1H3,(H2,22,26)/t14?,15-,16-,17+,18+,20+/m1/s1. The summed E-state index contributed by atoms with van der Waals surface area (Å²) < 4.78 is 11.1. The average molecular weight is 501 g/mol. The minimum absolute atomic E-state index is 0.267. The van der Waals surface area contributed by atoms with E-state index in [1.807, 2.05) is 47.7 Å². The molecular weight excluding hydrogens is 477 g/mol. The summed E-state index contributed by atoms with van der Waals surface area (Å²) in [6, 6.07) is 7.10. The predicted octanol–water partition coefficient (Wildman–Crippen LogP) is 1.15. The van der Waals surface area contributed by atoms with E-state index in [0.29, 0.717) is 12.0 Å². The zero-order chi connectivity index (χ0) is 20.4. The molecular formula is C20H24INO6. The molecule has 5 N–H and O–H groups in total. The fourth-order valence-corrected chi connectivity index (χ4v) is 4.17. The Bertz CT molecular complexity index is 793. The molecule has 1 unspecified atom stereocenters. The number of rotatable bonds is 5. The van der Waals surface area contributed by atoms with Crippen molar-refractivity contribution in [2.45, 2.75) is 48.0 Å². The van der Waals surface area contributed by atoms with Crippen LogP contribution in [-0.2, 0) is 9.47 Å². The highest BCUT2D eigenvalue weighted by molar-refractivity contribution is 14.1. The largest absolute Gasteiger partial charge is 0.394 e. The van der Waals surface area contributed by atoms with Crippen molar-refractivity contribution in [1.29, 1.82) is 0 Å². The van der Waals surface area contributed by atoms with Gasteiger partial charge in [0.15, 0.2) is 6.29 Å². The van der Waals surface area contributed by atoms with Gasteiger partial charge in [-0.2, -0.15) is 0 Å². The van der Waals surface area contributed by atoms with E-state index >= 15 is 0 Å². The Morgan fingerprint density at radius 2 is 2.11 bits per heavy atom. The van der Waals surface area contributed by atoms with Crippen LogP contribution in [0.2, 0.25) is 0 Å². The van der Waals surface area contributed by atoms with Crippen LogP contribution in [0.15, 0.2) is 42.0 Å². The van der Waals surface area contributed by atoms with E-state index in [9.17, 15) is 20.1 Å². The summed E-state index contributed by atoms with van der Waals surface area (Å²) in [5.74, 6) is -0.478. The van der Waals surface area contributed by atoms with Gasteiger partial charge in [0.05, 0.1) is 28.8 Å². The minimum atomic E-state index is -1.20. The molecule has 1 aliphatic carbocycles. The second kappa shape index (κ2) is 9.02. The molecule has 1 heterocycles. The molecule has 0 saturated carbocycles. The first kappa shape index (κ1) is 21.4. The summed E-state index contributed by atoms with van der Waals surface area (Å²) in [4.78, 5) is 11.4. The summed E-state index contributed by atoms with van der Waals surface area (Å²) in [7, 11) is 0. The first-order valence-electron chi connectivity index (χ1n) is 9.02. The Hall–Kier alpha value is -1.30. The number of hydrogen-bond acceptors (Lipinski definition) is 6. The molecule has 6 atom stereocenters. The summed E-state index contributed by atoms with van der Waals surface area (Å²) in [5, 5.41) is 29.9. The summed E-state index contributed by atoms with van der Waals surface area (Å²) in [5.41, 5.74) is 8.55.